The van der Waals surface area contributed by atoms with E-state index in [9.17, 15) is 0 Å². The zero-order chi connectivity index (χ0) is 10.1. The van der Waals surface area contributed by atoms with Crippen LogP contribution in [0.15, 0.2) is 0 Å². The summed E-state index contributed by atoms with van der Waals surface area (Å²) in [6.45, 7) is 5.74. The van der Waals surface area contributed by atoms with Crippen LogP contribution in [0.5, 0.6) is 0 Å². The normalized spacial score (nSPS) is 10.7. The maximum atomic E-state index is 7.12. The molecule has 13 heavy (non-hydrogen) atoms. The number of nitrogens with two attached hydrogens (primary N) is 1. The lowest BCUT2D eigenvalue weighted by Gasteiger charge is -2.20. The van der Waals surface area contributed by atoms with E-state index in [1.807, 2.05) is 0 Å². The van der Waals surface area contributed by atoms with Gasteiger partial charge in [-0.1, -0.05) is 6.92 Å². The standard InChI is InChI=1S/C9H21N3O/c1-3-5-12(7-8-13-2)6-4-9(10)11/h3-8H2,1-2H3,(H3,10,11). The average Bonchev–Trinajstić information content (AvgIpc) is 2.09. The molecule has 0 saturated heterocycles. The molecule has 0 radical (unpaired) electrons. The Kier molecular flexibility index (Phi) is 7.63. The van der Waals surface area contributed by atoms with Crippen LogP contribution in [0.4, 0.5) is 0 Å². The summed E-state index contributed by atoms with van der Waals surface area (Å²) in [7, 11) is 1.70. The van der Waals surface area contributed by atoms with E-state index in [1.165, 1.54) is 0 Å². The Balaban J connectivity index is 3.59. The highest BCUT2D eigenvalue weighted by atomic mass is 16.5. The van der Waals surface area contributed by atoms with Crippen LogP contribution < -0.4 is 5.73 Å². The average molecular weight is 187 g/mol. The van der Waals surface area contributed by atoms with Crippen molar-refractivity contribution >= 4 is 5.84 Å². The van der Waals surface area contributed by atoms with Crippen molar-refractivity contribution in [2.75, 3.05) is 33.4 Å². The number of hydrogen-bond donors (Lipinski definition) is 2. The number of hydrogen-bond acceptors (Lipinski definition) is 3. The summed E-state index contributed by atoms with van der Waals surface area (Å²) >= 11 is 0. The van der Waals surface area contributed by atoms with Crippen LogP contribution in [-0.2, 0) is 4.74 Å². The van der Waals surface area contributed by atoms with Gasteiger partial charge in [0.1, 0.15) is 0 Å². The van der Waals surface area contributed by atoms with E-state index in [0.717, 1.165) is 32.7 Å². The third-order valence-corrected chi connectivity index (χ3v) is 1.85. The fraction of sp³-hybridized carbons (Fsp3) is 0.889. The van der Waals surface area contributed by atoms with Crippen molar-refractivity contribution < 1.29 is 4.74 Å². The SMILES string of the molecule is CCCN(CCOC)CCC(=N)N. The quantitative estimate of drug-likeness (QED) is 0.433. The maximum absolute atomic E-state index is 7.12. The van der Waals surface area contributed by atoms with E-state index in [1.54, 1.807) is 7.11 Å². The Labute approximate surface area is 80.6 Å². The highest BCUT2D eigenvalue weighted by Gasteiger charge is 2.03. The lowest BCUT2D eigenvalue weighted by atomic mass is 10.3. The van der Waals surface area contributed by atoms with Gasteiger partial charge in [0.25, 0.3) is 0 Å². The predicted molar refractivity (Wildman–Crippen MR) is 55.1 cm³/mol. The molecule has 0 atom stereocenters. The molecule has 4 nitrogen and oxygen atoms in total. The molecule has 0 aliphatic heterocycles. The molecule has 0 saturated carbocycles. The number of rotatable bonds is 8. The molecule has 0 aliphatic carbocycles. The van der Waals surface area contributed by atoms with E-state index in [-0.39, 0.29) is 5.84 Å². The van der Waals surface area contributed by atoms with Crippen LogP contribution >= 0.6 is 0 Å². The van der Waals surface area contributed by atoms with Gasteiger partial charge in [-0.25, -0.2) is 0 Å². The van der Waals surface area contributed by atoms with E-state index in [2.05, 4.69) is 11.8 Å². The van der Waals surface area contributed by atoms with E-state index >= 15 is 0 Å². The summed E-state index contributed by atoms with van der Waals surface area (Å²) in [5, 5.41) is 7.12. The molecular formula is C9H21N3O. The van der Waals surface area contributed by atoms with Crippen LogP contribution in [0.25, 0.3) is 0 Å². The molecule has 0 heterocycles. The minimum absolute atomic E-state index is 0.263. The Morgan fingerprint density at radius 2 is 2.08 bits per heavy atom. The first-order valence-corrected chi connectivity index (χ1v) is 4.74. The van der Waals surface area contributed by atoms with Crippen molar-refractivity contribution in [3.8, 4) is 0 Å². The monoisotopic (exact) mass is 187 g/mol. The van der Waals surface area contributed by atoms with Crippen molar-refractivity contribution in [1.82, 2.24) is 4.90 Å². The Hall–Kier alpha value is -0.610. The molecule has 0 aromatic rings. The Bertz CT molecular complexity index is 139. The van der Waals surface area contributed by atoms with Gasteiger partial charge >= 0.3 is 0 Å². The zero-order valence-corrected chi connectivity index (χ0v) is 8.68. The number of amidine groups is 1. The summed E-state index contributed by atoms with van der Waals surface area (Å²) in [6, 6.07) is 0. The van der Waals surface area contributed by atoms with Crippen LogP contribution in [0.2, 0.25) is 0 Å². The second kappa shape index (κ2) is 8.01. The lowest BCUT2D eigenvalue weighted by molar-refractivity contribution is 0.149. The third kappa shape index (κ3) is 7.74. The molecule has 0 unspecified atom stereocenters. The van der Waals surface area contributed by atoms with Gasteiger partial charge in [-0.05, 0) is 13.0 Å². The van der Waals surface area contributed by atoms with Crippen LogP contribution in [0.3, 0.4) is 0 Å². The molecular weight excluding hydrogens is 166 g/mol. The summed E-state index contributed by atoms with van der Waals surface area (Å²) in [6.07, 6.45) is 1.78. The van der Waals surface area contributed by atoms with Gasteiger partial charge in [0.05, 0.1) is 12.4 Å². The van der Waals surface area contributed by atoms with Crippen molar-refractivity contribution in [1.29, 1.82) is 5.41 Å². The Morgan fingerprint density at radius 1 is 1.38 bits per heavy atom. The smallest absolute Gasteiger partial charge is 0.0918 e. The molecule has 0 aromatic carbocycles. The number of ether oxygens (including phenoxy) is 1. The fourth-order valence-corrected chi connectivity index (χ4v) is 1.15. The molecule has 0 fully saturated rings. The van der Waals surface area contributed by atoms with E-state index in [0.29, 0.717) is 6.42 Å². The summed E-state index contributed by atoms with van der Waals surface area (Å²) in [5.74, 6) is 0.263. The lowest BCUT2D eigenvalue weighted by Crippen LogP contribution is -2.31. The molecule has 3 N–H and O–H groups in total. The largest absolute Gasteiger partial charge is 0.388 e. The van der Waals surface area contributed by atoms with Gasteiger partial charge < -0.3 is 15.4 Å². The maximum Gasteiger partial charge on any atom is 0.0918 e. The molecule has 78 valence electrons. The van der Waals surface area contributed by atoms with E-state index < -0.39 is 0 Å². The first-order chi connectivity index (χ1) is 6.20. The van der Waals surface area contributed by atoms with Gasteiger partial charge in [0.15, 0.2) is 0 Å². The highest BCUT2D eigenvalue weighted by molar-refractivity contribution is 5.76. The van der Waals surface area contributed by atoms with E-state index in [4.69, 9.17) is 15.9 Å². The zero-order valence-electron chi connectivity index (χ0n) is 8.68. The molecule has 0 aliphatic rings. The van der Waals surface area contributed by atoms with Gasteiger partial charge in [0, 0.05) is 26.6 Å². The number of nitrogens with one attached hydrogen (secondary N) is 1. The van der Waals surface area contributed by atoms with Crippen LogP contribution in [-0.4, -0.2) is 44.1 Å². The van der Waals surface area contributed by atoms with Gasteiger partial charge in [0.2, 0.25) is 0 Å². The minimum Gasteiger partial charge on any atom is -0.388 e. The molecule has 0 aromatic heterocycles. The second-order valence-corrected chi connectivity index (χ2v) is 3.11. The van der Waals surface area contributed by atoms with Crippen molar-refractivity contribution in [3.05, 3.63) is 0 Å². The Morgan fingerprint density at radius 3 is 2.54 bits per heavy atom. The van der Waals surface area contributed by atoms with Crippen molar-refractivity contribution in [3.63, 3.8) is 0 Å². The minimum atomic E-state index is 0.263. The van der Waals surface area contributed by atoms with Gasteiger partial charge in [-0.15, -0.1) is 0 Å². The number of methoxy groups -OCH3 is 1. The number of nitrogens with zero attached hydrogens (tertiary/aromatic N) is 1. The second-order valence-electron chi connectivity index (χ2n) is 3.11. The molecule has 4 heteroatoms. The van der Waals surface area contributed by atoms with Gasteiger partial charge in [-0.3, -0.25) is 5.41 Å². The van der Waals surface area contributed by atoms with Crippen LogP contribution in [0, 0.1) is 5.41 Å². The summed E-state index contributed by atoms with van der Waals surface area (Å²) in [5.41, 5.74) is 5.29. The molecule has 0 rings (SSSR count). The third-order valence-electron chi connectivity index (χ3n) is 1.85. The molecule has 0 amide bonds. The van der Waals surface area contributed by atoms with Crippen molar-refractivity contribution in [2.24, 2.45) is 5.73 Å². The highest BCUT2D eigenvalue weighted by Crippen LogP contribution is 1.93. The van der Waals surface area contributed by atoms with Crippen LogP contribution in [0.1, 0.15) is 19.8 Å². The molecule has 0 spiro atoms. The first kappa shape index (κ1) is 12.4. The molecule has 0 bridgehead atoms. The van der Waals surface area contributed by atoms with Gasteiger partial charge in [-0.2, -0.15) is 0 Å². The predicted octanol–water partition coefficient (Wildman–Crippen LogP) is 0.671. The first-order valence-electron chi connectivity index (χ1n) is 4.74. The van der Waals surface area contributed by atoms with Crippen molar-refractivity contribution in [2.45, 2.75) is 19.8 Å². The topological polar surface area (TPSA) is 62.3 Å². The summed E-state index contributed by atoms with van der Waals surface area (Å²) < 4.78 is 5.00. The fourth-order valence-electron chi connectivity index (χ4n) is 1.15. The summed E-state index contributed by atoms with van der Waals surface area (Å²) in [4.78, 5) is 2.27.